The molecule has 0 bridgehead atoms. The normalized spacial score (nSPS) is 12.3. The molecular formula is C29H45NO8. The van der Waals surface area contributed by atoms with Crippen LogP contribution in [0, 0.1) is 0 Å². The molecule has 0 heterocycles. The fourth-order valence-corrected chi connectivity index (χ4v) is 3.78. The number of methoxy groups -OCH3 is 1. The summed E-state index contributed by atoms with van der Waals surface area (Å²) in [5.41, 5.74) is 5.51. The average molecular weight is 536 g/mol. The van der Waals surface area contributed by atoms with Gasteiger partial charge in [0.05, 0.1) is 13.7 Å². The smallest absolute Gasteiger partial charge is 0.326 e. The molecule has 0 aromatic heterocycles. The summed E-state index contributed by atoms with van der Waals surface area (Å²) in [4.78, 5) is 49.2. The van der Waals surface area contributed by atoms with Crippen LogP contribution in [0.15, 0.2) is 18.2 Å². The number of benzene rings is 1. The number of rotatable bonds is 19. The number of carbonyl (C=O) groups excluding carboxylic acids is 4. The maximum Gasteiger partial charge on any atom is 0.326 e. The lowest BCUT2D eigenvalue weighted by Gasteiger charge is -2.26. The van der Waals surface area contributed by atoms with Crippen molar-refractivity contribution in [3.05, 3.63) is 23.8 Å². The number of ether oxygens (including phenoxy) is 4. The van der Waals surface area contributed by atoms with Crippen molar-refractivity contribution >= 4 is 23.9 Å². The number of nitrogens with two attached hydrogens (primary N) is 1. The highest BCUT2D eigenvalue weighted by molar-refractivity contribution is 5.81. The highest BCUT2D eigenvalue weighted by atomic mass is 16.6. The number of carbonyl (C=O) groups is 4. The van der Waals surface area contributed by atoms with Crippen LogP contribution in [0.1, 0.15) is 103 Å². The minimum atomic E-state index is -1.49. The van der Waals surface area contributed by atoms with E-state index in [9.17, 15) is 19.2 Å². The van der Waals surface area contributed by atoms with Gasteiger partial charge in [-0.2, -0.15) is 0 Å². The van der Waals surface area contributed by atoms with E-state index in [-0.39, 0.29) is 49.8 Å². The van der Waals surface area contributed by atoms with E-state index in [0.29, 0.717) is 24.8 Å². The van der Waals surface area contributed by atoms with Crippen molar-refractivity contribution in [3.63, 3.8) is 0 Å². The van der Waals surface area contributed by atoms with Crippen LogP contribution in [0.2, 0.25) is 0 Å². The van der Waals surface area contributed by atoms with E-state index in [1.54, 1.807) is 12.1 Å². The molecule has 0 aliphatic carbocycles. The third kappa shape index (κ3) is 12.5. The number of hydrogen-bond donors (Lipinski definition) is 1. The molecule has 0 saturated carbocycles. The zero-order valence-electron chi connectivity index (χ0n) is 23.5. The van der Waals surface area contributed by atoms with E-state index in [4.69, 9.17) is 24.7 Å². The van der Waals surface area contributed by atoms with E-state index in [1.807, 2.05) is 20.8 Å². The molecule has 0 fully saturated rings. The third-order valence-electron chi connectivity index (χ3n) is 6.08. The van der Waals surface area contributed by atoms with Crippen molar-refractivity contribution in [2.24, 2.45) is 5.73 Å². The molecule has 2 N–H and O–H groups in total. The SMILES string of the molecule is CCCCCC(=O)Oc1ccc(C[C@](N)(CCOC(=O)CCCC)C(=O)OC)cc1OC(=O)CCCCC. The second-order valence-electron chi connectivity index (χ2n) is 9.54. The van der Waals surface area contributed by atoms with Gasteiger partial charge in [-0.1, -0.05) is 58.9 Å². The molecule has 0 unspecified atom stereocenters. The molecule has 1 rings (SSSR count). The van der Waals surface area contributed by atoms with Crippen molar-refractivity contribution in [1.82, 2.24) is 0 Å². The fraction of sp³-hybridized carbons (Fsp3) is 0.655. The monoisotopic (exact) mass is 535 g/mol. The Morgan fingerprint density at radius 2 is 1.32 bits per heavy atom. The summed E-state index contributed by atoms with van der Waals surface area (Å²) in [6, 6.07) is 4.73. The van der Waals surface area contributed by atoms with Gasteiger partial charge in [0.15, 0.2) is 11.5 Å². The first kappa shape index (κ1) is 33.1. The van der Waals surface area contributed by atoms with Gasteiger partial charge in [-0.05, 0) is 37.0 Å². The van der Waals surface area contributed by atoms with Gasteiger partial charge in [0.2, 0.25) is 0 Å². The number of hydrogen-bond acceptors (Lipinski definition) is 9. The second-order valence-corrected chi connectivity index (χ2v) is 9.54. The summed E-state index contributed by atoms with van der Waals surface area (Å²) in [5, 5.41) is 0. The van der Waals surface area contributed by atoms with Crippen molar-refractivity contribution < 1.29 is 38.1 Å². The first-order valence-electron chi connectivity index (χ1n) is 13.8. The van der Waals surface area contributed by atoms with Crippen LogP contribution in [0.5, 0.6) is 11.5 Å². The van der Waals surface area contributed by atoms with E-state index < -0.39 is 23.4 Å². The van der Waals surface area contributed by atoms with Gasteiger partial charge in [-0.25, -0.2) is 0 Å². The number of esters is 4. The summed E-state index contributed by atoms with van der Waals surface area (Å²) >= 11 is 0. The van der Waals surface area contributed by atoms with Crippen LogP contribution in [0.4, 0.5) is 0 Å². The molecule has 0 amide bonds. The lowest BCUT2D eigenvalue weighted by atomic mass is 9.88. The molecule has 1 atom stereocenters. The minimum absolute atomic E-state index is 0.0251. The molecule has 0 aliphatic heterocycles. The van der Waals surface area contributed by atoms with E-state index in [1.165, 1.54) is 13.2 Å². The molecule has 0 aliphatic rings. The standard InChI is InChI=1S/C29H45NO8/c1-5-8-11-14-26(32)37-23-17-16-22(20-24(23)38-27(33)15-12-9-6-2)21-29(30,28(34)35-4)18-19-36-25(31)13-10-7-3/h16-17,20H,5-15,18-19,21,30H2,1-4H3/t29-/m1/s1. The quantitative estimate of drug-likeness (QED) is 0.144. The Hall–Kier alpha value is -2.94. The van der Waals surface area contributed by atoms with Crippen molar-refractivity contribution in [2.75, 3.05) is 13.7 Å². The maximum absolute atomic E-state index is 12.6. The van der Waals surface area contributed by atoms with Gasteiger partial charge in [-0.15, -0.1) is 0 Å². The Kier molecular flexibility index (Phi) is 16.0. The summed E-state index contributed by atoms with van der Waals surface area (Å²) in [6.07, 6.45) is 7.58. The Bertz CT molecular complexity index is 901. The molecule has 1 aromatic carbocycles. The van der Waals surface area contributed by atoms with Gasteiger partial charge >= 0.3 is 23.9 Å². The van der Waals surface area contributed by atoms with Crippen LogP contribution >= 0.6 is 0 Å². The minimum Gasteiger partial charge on any atom is -0.468 e. The zero-order valence-corrected chi connectivity index (χ0v) is 23.5. The predicted molar refractivity (Wildman–Crippen MR) is 144 cm³/mol. The largest absolute Gasteiger partial charge is 0.468 e. The molecule has 214 valence electrons. The summed E-state index contributed by atoms with van der Waals surface area (Å²) in [7, 11) is 1.24. The molecule has 0 radical (unpaired) electrons. The lowest BCUT2D eigenvalue weighted by Crippen LogP contribution is -2.51. The molecule has 1 aromatic rings. The first-order valence-corrected chi connectivity index (χ1v) is 13.8. The van der Waals surface area contributed by atoms with E-state index in [2.05, 4.69) is 0 Å². The predicted octanol–water partition coefficient (Wildman–Crippen LogP) is 5.19. The van der Waals surface area contributed by atoms with Crippen LogP contribution in [-0.4, -0.2) is 43.1 Å². The third-order valence-corrected chi connectivity index (χ3v) is 6.08. The molecule has 0 spiro atoms. The van der Waals surface area contributed by atoms with E-state index in [0.717, 1.165) is 38.5 Å². The van der Waals surface area contributed by atoms with Gasteiger partial charge in [-0.3, -0.25) is 19.2 Å². The van der Waals surface area contributed by atoms with Crippen LogP contribution in [0.25, 0.3) is 0 Å². The summed E-state index contributed by atoms with van der Waals surface area (Å²) in [6.45, 7) is 6.02. The van der Waals surface area contributed by atoms with Crippen molar-refractivity contribution in [2.45, 2.75) is 110 Å². The lowest BCUT2D eigenvalue weighted by molar-refractivity contribution is -0.151. The van der Waals surface area contributed by atoms with Gasteiger partial charge in [0.1, 0.15) is 5.54 Å². The topological polar surface area (TPSA) is 131 Å². The van der Waals surface area contributed by atoms with Crippen molar-refractivity contribution in [1.29, 1.82) is 0 Å². The number of unbranched alkanes of at least 4 members (excludes halogenated alkanes) is 5. The Morgan fingerprint density at radius 3 is 1.87 bits per heavy atom. The average Bonchev–Trinajstić information content (AvgIpc) is 2.88. The van der Waals surface area contributed by atoms with E-state index >= 15 is 0 Å². The Morgan fingerprint density at radius 1 is 0.763 bits per heavy atom. The fourth-order valence-electron chi connectivity index (χ4n) is 3.78. The molecule has 38 heavy (non-hydrogen) atoms. The molecule has 0 saturated heterocycles. The molecule has 9 nitrogen and oxygen atoms in total. The van der Waals surface area contributed by atoms with Crippen molar-refractivity contribution in [3.8, 4) is 11.5 Å². The zero-order chi connectivity index (χ0) is 28.4. The van der Waals surface area contributed by atoms with Gasteiger partial charge in [0.25, 0.3) is 0 Å². The molecule has 9 heteroatoms. The summed E-state index contributed by atoms with van der Waals surface area (Å²) in [5.74, 6) is -1.64. The van der Waals surface area contributed by atoms with Crippen LogP contribution in [0.3, 0.4) is 0 Å². The highest BCUT2D eigenvalue weighted by Crippen LogP contribution is 2.31. The molecular weight excluding hydrogens is 490 g/mol. The van der Waals surface area contributed by atoms with Gasteiger partial charge < -0.3 is 24.7 Å². The van der Waals surface area contributed by atoms with Crippen LogP contribution in [-0.2, 0) is 35.1 Å². The summed E-state index contributed by atoms with van der Waals surface area (Å²) < 4.78 is 21.2. The first-order chi connectivity index (χ1) is 18.2. The Balaban J connectivity index is 3.08. The van der Waals surface area contributed by atoms with Gasteiger partial charge in [0, 0.05) is 32.1 Å². The Labute approximate surface area is 226 Å². The highest BCUT2D eigenvalue weighted by Gasteiger charge is 2.36. The van der Waals surface area contributed by atoms with Crippen LogP contribution < -0.4 is 15.2 Å². The second kappa shape index (κ2) is 18.3. The maximum atomic E-state index is 12.6.